The van der Waals surface area contributed by atoms with E-state index in [4.69, 9.17) is 9.47 Å². The second-order valence-electron chi connectivity index (χ2n) is 3.33. The molecule has 3 atom stereocenters. The van der Waals surface area contributed by atoms with E-state index in [9.17, 15) is 4.79 Å². The van der Waals surface area contributed by atoms with Gasteiger partial charge in [0, 0.05) is 7.11 Å². The Labute approximate surface area is 69.8 Å². The number of azo groups is 1. The predicted octanol–water partition coefficient (Wildman–Crippen LogP) is 0.356. The van der Waals surface area contributed by atoms with Crippen LogP contribution in [0.3, 0.4) is 0 Å². The lowest BCUT2D eigenvalue weighted by molar-refractivity contribution is -0.167. The van der Waals surface area contributed by atoms with E-state index in [0.717, 1.165) is 0 Å². The van der Waals surface area contributed by atoms with Crippen LogP contribution < -0.4 is 0 Å². The standard InChI is InChI=1S/C7H10N2O3/c1-7-3-8-9-4(7)5(10)12-6(7)11-2/h4,6H,3H2,1-2H3/t4-,6-,7-/m1/s1. The van der Waals surface area contributed by atoms with Crippen LogP contribution in [0.15, 0.2) is 10.2 Å². The number of fused-ring (bicyclic) bond motifs is 1. The molecule has 0 bridgehead atoms. The van der Waals surface area contributed by atoms with Gasteiger partial charge < -0.3 is 9.47 Å². The monoisotopic (exact) mass is 170 g/mol. The van der Waals surface area contributed by atoms with Crippen molar-refractivity contribution < 1.29 is 14.3 Å². The van der Waals surface area contributed by atoms with Crippen LogP contribution in [0.1, 0.15) is 6.92 Å². The third-order valence-electron chi connectivity index (χ3n) is 2.43. The van der Waals surface area contributed by atoms with Crippen LogP contribution in [-0.4, -0.2) is 32.0 Å². The van der Waals surface area contributed by atoms with Gasteiger partial charge in [-0.2, -0.15) is 10.2 Å². The van der Waals surface area contributed by atoms with Crippen molar-refractivity contribution in [3.05, 3.63) is 0 Å². The molecule has 0 aliphatic carbocycles. The Morgan fingerprint density at radius 2 is 2.50 bits per heavy atom. The van der Waals surface area contributed by atoms with Gasteiger partial charge in [-0.05, 0) is 6.92 Å². The number of cyclic esters (lactones) is 1. The highest BCUT2D eigenvalue weighted by Gasteiger charge is 2.58. The topological polar surface area (TPSA) is 60.2 Å². The molecule has 5 heteroatoms. The van der Waals surface area contributed by atoms with Gasteiger partial charge in [0.05, 0.1) is 12.0 Å². The molecule has 2 aliphatic rings. The highest BCUT2D eigenvalue weighted by molar-refractivity contribution is 5.80. The maximum Gasteiger partial charge on any atom is 0.336 e. The highest BCUT2D eigenvalue weighted by atomic mass is 16.7. The molecule has 66 valence electrons. The Morgan fingerprint density at radius 3 is 3.17 bits per heavy atom. The van der Waals surface area contributed by atoms with Crippen molar-refractivity contribution in [1.82, 2.24) is 0 Å². The van der Waals surface area contributed by atoms with Crippen molar-refractivity contribution in [2.24, 2.45) is 15.6 Å². The third kappa shape index (κ3) is 0.741. The first-order chi connectivity index (χ1) is 5.68. The zero-order valence-electron chi connectivity index (χ0n) is 6.98. The Kier molecular flexibility index (Phi) is 1.44. The Morgan fingerprint density at radius 1 is 1.75 bits per heavy atom. The maximum atomic E-state index is 11.2. The fourth-order valence-electron chi connectivity index (χ4n) is 1.63. The highest BCUT2D eigenvalue weighted by Crippen LogP contribution is 2.41. The number of methoxy groups -OCH3 is 1. The van der Waals surface area contributed by atoms with Gasteiger partial charge in [0.25, 0.3) is 0 Å². The zero-order chi connectivity index (χ0) is 8.77. The minimum absolute atomic E-state index is 0.328. The SMILES string of the molecule is CO[C@@H]1OC(=O)[C@H]2N=NC[C@@]12C. The van der Waals surface area contributed by atoms with E-state index in [1.807, 2.05) is 6.92 Å². The maximum absolute atomic E-state index is 11.2. The first-order valence-corrected chi connectivity index (χ1v) is 3.78. The van der Waals surface area contributed by atoms with Crippen LogP contribution in [-0.2, 0) is 14.3 Å². The summed E-state index contributed by atoms with van der Waals surface area (Å²) in [6, 6.07) is -0.456. The summed E-state index contributed by atoms with van der Waals surface area (Å²) in [4.78, 5) is 11.2. The number of ether oxygens (including phenoxy) is 2. The fourth-order valence-corrected chi connectivity index (χ4v) is 1.63. The van der Waals surface area contributed by atoms with Crippen LogP contribution in [0.2, 0.25) is 0 Å². The summed E-state index contributed by atoms with van der Waals surface area (Å²) >= 11 is 0. The van der Waals surface area contributed by atoms with Crippen molar-refractivity contribution in [3.63, 3.8) is 0 Å². The van der Waals surface area contributed by atoms with Gasteiger partial charge in [0.15, 0.2) is 6.04 Å². The van der Waals surface area contributed by atoms with E-state index in [-0.39, 0.29) is 11.4 Å². The largest absolute Gasteiger partial charge is 0.433 e. The van der Waals surface area contributed by atoms with E-state index < -0.39 is 12.3 Å². The van der Waals surface area contributed by atoms with Crippen molar-refractivity contribution >= 4 is 5.97 Å². The fraction of sp³-hybridized carbons (Fsp3) is 0.857. The van der Waals surface area contributed by atoms with Crippen LogP contribution >= 0.6 is 0 Å². The second kappa shape index (κ2) is 2.26. The molecule has 0 radical (unpaired) electrons. The van der Waals surface area contributed by atoms with Gasteiger partial charge in [-0.3, -0.25) is 0 Å². The molecule has 0 saturated carbocycles. The number of carbonyl (C=O) groups excluding carboxylic acids is 1. The number of nitrogens with zero attached hydrogens (tertiary/aromatic N) is 2. The molecule has 0 N–H and O–H groups in total. The van der Waals surface area contributed by atoms with Crippen molar-refractivity contribution in [2.45, 2.75) is 19.3 Å². The molecular weight excluding hydrogens is 160 g/mol. The lowest BCUT2D eigenvalue weighted by Crippen LogP contribution is -2.36. The molecule has 12 heavy (non-hydrogen) atoms. The number of esters is 1. The van der Waals surface area contributed by atoms with Crippen LogP contribution in [0.5, 0.6) is 0 Å². The molecule has 5 nitrogen and oxygen atoms in total. The quantitative estimate of drug-likeness (QED) is 0.534. The van der Waals surface area contributed by atoms with Gasteiger partial charge in [0.2, 0.25) is 6.29 Å². The Bertz CT molecular complexity index is 253. The molecule has 2 heterocycles. The van der Waals surface area contributed by atoms with Crippen LogP contribution in [0, 0.1) is 5.41 Å². The summed E-state index contributed by atoms with van der Waals surface area (Å²) in [7, 11) is 1.52. The van der Waals surface area contributed by atoms with Crippen molar-refractivity contribution in [2.75, 3.05) is 13.7 Å². The second-order valence-corrected chi connectivity index (χ2v) is 3.33. The van der Waals surface area contributed by atoms with E-state index in [2.05, 4.69) is 10.2 Å². The summed E-state index contributed by atoms with van der Waals surface area (Å²) in [5.41, 5.74) is -0.383. The number of hydrogen-bond acceptors (Lipinski definition) is 5. The number of carbonyl (C=O) groups is 1. The molecule has 2 rings (SSSR count). The number of hydrogen-bond donors (Lipinski definition) is 0. The number of rotatable bonds is 1. The smallest absolute Gasteiger partial charge is 0.336 e. The summed E-state index contributed by atoms with van der Waals surface area (Å²) in [5, 5.41) is 7.65. The summed E-state index contributed by atoms with van der Waals surface area (Å²) in [5.74, 6) is -0.328. The van der Waals surface area contributed by atoms with Gasteiger partial charge in [0.1, 0.15) is 0 Å². The van der Waals surface area contributed by atoms with Crippen molar-refractivity contribution in [1.29, 1.82) is 0 Å². The molecule has 1 fully saturated rings. The van der Waals surface area contributed by atoms with Crippen molar-refractivity contribution in [3.8, 4) is 0 Å². The summed E-state index contributed by atoms with van der Waals surface area (Å²) in [6.07, 6.45) is -0.495. The lowest BCUT2D eigenvalue weighted by atomic mass is 9.85. The average Bonchev–Trinajstić information content (AvgIpc) is 2.51. The molecule has 0 aromatic heterocycles. The first kappa shape index (κ1) is 7.67. The van der Waals surface area contributed by atoms with E-state index in [1.54, 1.807) is 0 Å². The van der Waals surface area contributed by atoms with Crippen LogP contribution in [0.25, 0.3) is 0 Å². The first-order valence-electron chi connectivity index (χ1n) is 3.78. The molecular formula is C7H10N2O3. The van der Waals surface area contributed by atoms with Gasteiger partial charge in [-0.25, -0.2) is 4.79 Å². The summed E-state index contributed by atoms with van der Waals surface area (Å²) in [6.45, 7) is 2.40. The third-order valence-corrected chi connectivity index (χ3v) is 2.43. The summed E-state index contributed by atoms with van der Waals surface area (Å²) < 4.78 is 10.0. The molecule has 0 aromatic rings. The molecule has 0 amide bonds. The molecule has 0 unspecified atom stereocenters. The normalized spacial score (nSPS) is 44.7. The minimum atomic E-state index is -0.495. The van der Waals surface area contributed by atoms with E-state index in [0.29, 0.717) is 6.54 Å². The Balaban J connectivity index is 2.31. The van der Waals surface area contributed by atoms with E-state index in [1.165, 1.54) is 7.11 Å². The molecule has 0 spiro atoms. The molecule has 0 aromatic carbocycles. The predicted molar refractivity (Wildman–Crippen MR) is 38.5 cm³/mol. The average molecular weight is 170 g/mol. The molecule has 2 aliphatic heterocycles. The zero-order valence-corrected chi connectivity index (χ0v) is 6.98. The minimum Gasteiger partial charge on any atom is -0.433 e. The van der Waals surface area contributed by atoms with Gasteiger partial charge in [-0.1, -0.05) is 0 Å². The molecule has 1 saturated heterocycles. The van der Waals surface area contributed by atoms with Crippen LogP contribution in [0.4, 0.5) is 0 Å². The van der Waals surface area contributed by atoms with Gasteiger partial charge in [-0.15, -0.1) is 0 Å². The lowest BCUT2D eigenvalue weighted by Gasteiger charge is -2.22. The van der Waals surface area contributed by atoms with Gasteiger partial charge >= 0.3 is 5.97 Å². The van der Waals surface area contributed by atoms with E-state index >= 15 is 0 Å². The Hall–Kier alpha value is -0.970.